The van der Waals surface area contributed by atoms with Crippen molar-refractivity contribution in [1.82, 2.24) is 20.4 Å². The van der Waals surface area contributed by atoms with E-state index < -0.39 is 6.04 Å². The smallest absolute Gasteiger partial charge is 0.247 e. The number of hydrazine groups is 1. The highest BCUT2D eigenvalue weighted by molar-refractivity contribution is 6.02. The number of ether oxygens (including phenoxy) is 2. The molecule has 3 aliphatic heterocycles. The minimum atomic E-state index is -0.531. The normalized spacial score (nSPS) is 21.3. The van der Waals surface area contributed by atoms with Crippen molar-refractivity contribution in [3.63, 3.8) is 0 Å². The van der Waals surface area contributed by atoms with Crippen LogP contribution in [0.1, 0.15) is 11.6 Å². The monoisotopic (exact) mass is 412 g/mol. The Kier molecular flexibility index (Phi) is 5.30. The van der Waals surface area contributed by atoms with Gasteiger partial charge in [0.1, 0.15) is 6.04 Å². The molecule has 11 heteroatoms. The Morgan fingerprint density at radius 3 is 2.13 bits per heavy atom. The molecule has 1 amide bonds. The van der Waals surface area contributed by atoms with Crippen molar-refractivity contribution < 1.29 is 14.3 Å². The van der Waals surface area contributed by atoms with Gasteiger partial charge in [0, 0.05) is 37.4 Å². The van der Waals surface area contributed by atoms with Gasteiger partial charge in [0.05, 0.1) is 26.4 Å². The number of fused-ring (bicyclic) bond motifs is 1. The Bertz CT molecular complexity index is 878. The van der Waals surface area contributed by atoms with Crippen molar-refractivity contribution in [1.29, 1.82) is 0 Å². The highest BCUT2D eigenvalue weighted by Crippen LogP contribution is 2.30. The molecule has 2 aromatic rings. The largest absolute Gasteiger partial charge is 0.378 e. The van der Waals surface area contributed by atoms with Crippen LogP contribution in [0.25, 0.3) is 0 Å². The SMILES string of the molecule is O=C1Nc2ccccc2C1NNc1nc(N2CCOCC2)nc(N2CCOCC2)n1. The van der Waals surface area contributed by atoms with E-state index >= 15 is 0 Å². The molecule has 0 spiro atoms. The van der Waals surface area contributed by atoms with E-state index in [2.05, 4.69) is 40.9 Å². The summed E-state index contributed by atoms with van der Waals surface area (Å²) in [6, 6.07) is 7.06. The van der Waals surface area contributed by atoms with Gasteiger partial charge >= 0.3 is 0 Å². The number of nitrogens with one attached hydrogen (secondary N) is 3. The second-order valence-electron chi connectivity index (χ2n) is 7.24. The molecule has 2 fully saturated rings. The lowest BCUT2D eigenvalue weighted by atomic mass is 10.1. The fraction of sp³-hybridized carbons (Fsp3) is 0.474. The van der Waals surface area contributed by atoms with Crippen molar-refractivity contribution in [3.05, 3.63) is 29.8 Å². The van der Waals surface area contributed by atoms with Crippen LogP contribution in [0, 0.1) is 0 Å². The molecule has 3 N–H and O–H groups in total. The van der Waals surface area contributed by atoms with Gasteiger partial charge in [-0.3, -0.25) is 10.2 Å². The summed E-state index contributed by atoms with van der Waals surface area (Å²) < 4.78 is 10.9. The molecular weight excluding hydrogens is 388 g/mol. The maximum absolute atomic E-state index is 12.4. The number of aromatic nitrogens is 3. The highest BCUT2D eigenvalue weighted by atomic mass is 16.5. The fourth-order valence-electron chi connectivity index (χ4n) is 3.71. The van der Waals surface area contributed by atoms with Gasteiger partial charge in [-0.1, -0.05) is 18.2 Å². The lowest BCUT2D eigenvalue weighted by Gasteiger charge is -2.30. The molecule has 30 heavy (non-hydrogen) atoms. The van der Waals surface area contributed by atoms with Crippen LogP contribution in [0.3, 0.4) is 0 Å². The molecule has 1 aromatic carbocycles. The molecule has 3 aliphatic rings. The Morgan fingerprint density at radius 2 is 1.50 bits per heavy atom. The Balaban J connectivity index is 1.38. The van der Waals surface area contributed by atoms with Crippen LogP contribution in [-0.4, -0.2) is 73.5 Å². The maximum Gasteiger partial charge on any atom is 0.247 e. The predicted molar refractivity (Wildman–Crippen MR) is 110 cm³/mol. The minimum absolute atomic E-state index is 0.125. The Morgan fingerprint density at radius 1 is 0.900 bits per heavy atom. The van der Waals surface area contributed by atoms with Crippen molar-refractivity contribution in [2.24, 2.45) is 0 Å². The number of amides is 1. The standard InChI is InChI=1S/C19H24N8O3/c28-16-15(13-3-1-2-4-14(13)20-16)24-25-17-21-18(26-5-9-29-10-6-26)23-19(22-17)27-7-11-30-12-8-27/h1-4,15,24H,5-12H2,(H,20,28)(H,21,22,23,25). The second-order valence-corrected chi connectivity index (χ2v) is 7.24. The zero-order chi connectivity index (χ0) is 20.3. The van der Waals surface area contributed by atoms with E-state index in [1.54, 1.807) is 0 Å². The van der Waals surface area contributed by atoms with Crippen LogP contribution in [0.5, 0.6) is 0 Å². The number of benzene rings is 1. The molecule has 1 atom stereocenters. The molecule has 11 nitrogen and oxygen atoms in total. The van der Waals surface area contributed by atoms with Gasteiger partial charge < -0.3 is 24.6 Å². The first-order chi connectivity index (χ1) is 14.8. The molecule has 158 valence electrons. The molecule has 1 aromatic heterocycles. The number of carbonyl (C=O) groups is 1. The summed E-state index contributed by atoms with van der Waals surface area (Å²) >= 11 is 0. The van der Waals surface area contributed by atoms with E-state index in [1.165, 1.54) is 0 Å². The molecule has 0 saturated carbocycles. The molecule has 2 saturated heterocycles. The van der Waals surface area contributed by atoms with Crippen LogP contribution in [0.15, 0.2) is 24.3 Å². The van der Waals surface area contributed by atoms with Crippen molar-refractivity contribution in [2.75, 3.05) is 73.1 Å². The van der Waals surface area contributed by atoms with Gasteiger partial charge in [0.2, 0.25) is 23.8 Å². The van der Waals surface area contributed by atoms with E-state index in [0.29, 0.717) is 44.3 Å². The van der Waals surface area contributed by atoms with Crippen LogP contribution in [0.4, 0.5) is 23.5 Å². The molecule has 1 unspecified atom stereocenters. The molecule has 4 heterocycles. The topological polar surface area (TPSA) is 117 Å². The number of carbonyl (C=O) groups excluding carboxylic acids is 1. The summed E-state index contributed by atoms with van der Waals surface area (Å²) in [6.45, 7) is 5.43. The first-order valence-corrected chi connectivity index (χ1v) is 10.1. The summed E-state index contributed by atoms with van der Waals surface area (Å²) in [4.78, 5) is 30.4. The second kappa shape index (κ2) is 8.38. The number of anilines is 4. The third-order valence-electron chi connectivity index (χ3n) is 5.32. The fourth-order valence-corrected chi connectivity index (χ4v) is 3.71. The van der Waals surface area contributed by atoms with E-state index in [0.717, 1.165) is 37.4 Å². The van der Waals surface area contributed by atoms with Gasteiger partial charge in [0.15, 0.2) is 0 Å². The van der Waals surface area contributed by atoms with Gasteiger partial charge in [-0.05, 0) is 6.07 Å². The third-order valence-corrected chi connectivity index (χ3v) is 5.32. The zero-order valence-electron chi connectivity index (χ0n) is 16.5. The summed E-state index contributed by atoms with van der Waals surface area (Å²) in [7, 11) is 0. The average Bonchev–Trinajstić information content (AvgIpc) is 3.13. The highest BCUT2D eigenvalue weighted by Gasteiger charge is 2.30. The number of para-hydroxylation sites is 1. The predicted octanol–water partition coefficient (Wildman–Crippen LogP) is 0.155. The lowest BCUT2D eigenvalue weighted by molar-refractivity contribution is -0.117. The van der Waals surface area contributed by atoms with E-state index in [1.807, 2.05) is 24.3 Å². The van der Waals surface area contributed by atoms with Crippen LogP contribution in [0.2, 0.25) is 0 Å². The molecular formula is C19H24N8O3. The number of hydrogen-bond donors (Lipinski definition) is 3. The summed E-state index contributed by atoms with van der Waals surface area (Å²) in [5, 5.41) is 2.87. The quantitative estimate of drug-likeness (QED) is 0.586. The first kappa shape index (κ1) is 19.0. The summed E-state index contributed by atoms with van der Waals surface area (Å²) in [5.74, 6) is 1.43. The molecule has 0 bridgehead atoms. The summed E-state index contributed by atoms with van der Waals surface area (Å²) in [5.41, 5.74) is 7.78. The van der Waals surface area contributed by atoms with E-state index in [9.17, 15) is 4.79 Å². The average molecular weight is 412 g/mol. The van der Waals surface area contributed by atoms with Gasteiger partial charge in [-0.2, -0.15) is 15.0 Å². The maximum atomic E-state index is 12.4. The zero-order valence-corrected chi connectivity index (χ0v) is 16.5. The van der Waals surface area contributed by atoms with E-state index in [4.69, 9.17) is 9.47 Å². The minimum Gasteiger partial charge on any atom is -0.378 e. The van der Waals surface area contributed by atoms with Crippen LogP contribution < -0.4 is 26.0 Å². The van der Waals surface area contributed by atoms with Crippen molar-refractivity contribution in [3.8, 4) is 0 Å². The molecule has 5 rings (SSSR count). The number of hydrogen-bond acceptors (Lipinski definition) is 10. The van der Waals surface area contributed by atoms with Crippen molar-refractivity contribution >= 4 is 29.4 Å². The Hall–Kier alpha value is -3.02. The first-order valence-electron chi connectivity index (χ1n) is 10.1. The lowest BCUT2D eigenvalue weighted by Crippen LogP contribution is -2.40. The number of morpholine rings is 2. The molecule has 0 radical (unpaired) electrons. The molecule has 0 aliphatic carbocycles. The number of nitrogens with zero attached hydrogens (tertiary/aromatic N) is 5. The van der Waals surface area contributed by atoms with Crippen LogP contribution >= 0.6 is 0 Å². The summed E-state index contributed by atoms with van der Waals surface area (Å²) in [6.07, 6.45) is 0. The Labute approximate surface area is 173 Å². The number of rotatable bonds is 5. The third kappa shape index (κ3) is 3.86. The van der Waals surface area contributed by atoms with Gasteiger partial charge in [-0.25, -0.2) is 5.43 Å². The van der Waals surface area contributed by atoms with Gasteiger partial charge in [-0.15, -0.1) is 0 Å². The van der Waals surface area contributed by atoms with Crippen LogP contribution in [-0.2, 0) is 14.3 Å². The van der Waals surface area contributed by atoms with E-state index in [-0.39, 0.29) is 5.91 Å². The van der Waals surface area contributed by atoms with Gasteiger partial charge in [0.25, 0.3) is 0 Å². The van der Waals surface area contributed by atoms with Crippen molar-refractivity contribution in [2.45, 2.75) is 6.04 Å².